The van der Waals surface area contributed by atoms with Crippen LogP contribution in [-0.4, -0.2) is 46.4 Å². The average molecular weight is 716 g/mol. The molecule has 4 aliphatic carbocycles. The van der Waals surface area contributed by atoms with Crippen LogP contribution in [-0.2, 0) is 27.8 Å². The number of rotatable bonds is 11. The molecule has 1 aromatic rings. The highest BCUT2D eigenvalue weighted by Gasteiger charge is 2.60. The van der Waals surface area contributed by atoms with Crippen LogP contribution in [0, 0.1) is 46.3 Å². The minimum Gasteiger partial charge on any atom is -0.346 e. The summed E-state index contributed by atoms with van der Waals surface area (Å²) in [4.78, 5) is 26.5. The van der Waals surface area contributed by atoms with E-state index in [9.17, 15) is 14.2 Å². The molecule has 7 rings (SSSR count). The molecular formula is C39H60N2O8P+. The summed E-state index contributed by atoms with van der Waals surface area (Å²) in [7, 11) is -2.40. The third kappa shape index (κ3) is 6.80. The Labute approximate surface area is 298 Å². The first-order valence-electron chi connectivity index (χ1n) is 19.5. The molecule has 1 N–H and O–H groups in total. The fourth-order valence-corrected chi connectivity index (χ4v) is 12.4. The van der Waals surface area contributed by atoms with Gasteiger partial charge in [-0.25, -0.2) is 4.79 Å². The maximum Gasteiger partial charge on any atom is 0.697 e. The molecule has 5 fully saturated rings. The van der Waals surface area contributed by atoms with E-state index in [2.05, 4.69) is 45.7 Å². The van der Waals surface area contributed by atoms with Crippen molar-refractivity contribution in [1.82, 2.24) is 9.55 Å². The highest BCUT2D eigenvalue weighted by atomic mass is 31.1. The molecule has 0 spiro atoms. The fourth-order valence-electron chi connectivity index (χ4n) is 11.7. The van der Waals surface area contributed by atoms with E-state index in [-0.39, 0.29) is 18.1 Å². The summed E-state index contributed by atoms with van der Waals surface area (Å²) < 4.78 is 44.7. The molecule has 50 heavy (non-hydrogen) atoms. The number of allylic oxidation sites excluding steroid dienone is 1. The van der Waals surface area contributed by atoms with Crippen molar-refractivity contribution < 1.29 is 27.8 Å². The lowest BCUT2D eigenvalue weighted by Gasteiger charge is -2.58. The van der Waals surface area contributed by atoms with Crippen LogP contribution in [0.3, 0.4) is 0 Å². The van der Waals surface area contributed by atoms with E-state index in [1.165, 1.54) is 73.8 Å². The molecule has 2 saturated heterocycles. The van der Waals surface area contributed by atoms with E-state index in [0.717, 1.165) is 54.8 Å². The Balaban J connectivity index is 0.949. The molecule has 13 atom stereocenters. The third-order valence-electron chi connectivity index (χ3n) is 14.1. The molecule has 0 radical (unpaired) electrons. The Morgan fingerprint density at radius 2 is 1.78 bits per heavy atom. The van der Waals surface area contributed by atoms with Crippen LogP contribution in [0.2, 0.25) is 0 Å². The first-order valence-corrected chi connectivity index (χ1v) is 20.6. The summed E-state index contributed by atoms with van der Waals surface area (Å²) in [5.74, 6) is 3.88. The Kier molecular flexibility index (Phi) is 10.2. The smallest absolute Gasteiger partial charge is 0.346 e. The van der Waals surface area contributed by atoms with Gasteiger partial charge in [0.25, 0.3) is 5.56 Å². The number of nitrogens with one attached hydrogen (secondary N) is 1. The van der Waals surface area contributed by atoms with Crippen LogP contribution in [0.5, 0.6) is 0 Å². The van der Waals surface area contributed by atoms with Gasteiger partial charge >= 0.3 is 13.9 Å². The second-order valence-electron chi connectivity index (χ2n) is 17.9. The van der Waals surface area contributed by atoms with Crippen molar-refractivity contribution in [3.05, 3.63) is 44.8 Å². The van der Waals surface area contributed by atoms with E-state index in [4.69, 9.17) is 23.3 Å². The van der Waals surface area contributed by atoms with Gasteiger partial charge in [-0.05, 0) is 105 Å². The van der Waals surface area contributed by atoms with Crippen molar-refractivity contribution in [2.75, 3.05) is 6.61 Å². The normalized spacial score (nSPS) is 41.2. The van der Waals surface area contributed by atoms with E-state index in [0.29, 0.717) is 5.41 Å². The molecule has 2 aliphatic heterocycles. The van der Waals surface area contributed by atoms with Crippen LogP contribution in [0.25, 0.3) is 0 Å². The molecule has 1 aromatic heterocycles. The Morgan fingerprint density at radius 1 is 1.00 bits per heavy atom. The van der Waals surface area contributed by atoms with Crippen LogP contribution in [0.1, 0.15) is 125 Å². The number of aromatic nitrogens is 2. The quantitative estimate of drug-likeness (QED) is 0.181. The topological polar surface area (TPSA) is 118 Å². The second kappa shape index (κ2) is 13.9. The number of H-pyrrole nitrogens is 1. The minimum atomic E-state index is -2.40. The molecule has 11 heteroatoms. The maximum atomic E-state index is 13.2. The van der Waals surface area contributed by atoms with Gasteiger partial charge < -0.3 is 14.2 Å². The van der Waals surface area contributed by atoms with Crippen molar-refractivity contribution in [2.24, 2.45) is 46.3 Å². The number of hydrogen-bond acceptors (Lipinski definition) is 8. The first kappa shape index (κ1) is 36.7. The van der Waals surface area contributed by atoms with Crippen LogP contribution in [0.15, 0.2) is 33.5 Å². The number of aromatic amines is 1. The van der Waals surface area contributed by atoms with Crippen LogP contribution < -0.4 is 11.2 Å². The summed E-state index contributed by atoms with van der Waals surface area (Å²) >= 11 is 0. The molecule has 6 aliphatic rings. The lowest BCUT2D eigenvalue weighted by atomic mass is 9.47. The average Bonchev–Trinajstić information content (AvgIpc) is 3.67. The Morgan fingerprint density at radius 3 is 2.54 bits per heavy atom. The molecule has 10 nitrogen and oxygen atoms in total. The van der Waals surface area contributed by atoms with Gasteiger partial charge in [0.1, 0.15) is 31.0 Å². The molecule has 0 amide bonds. The summed E-state index contributed by atoms with van der Waals surface area (Å²) in [6.07, 6.45) is 14.6. The molecule has 1 unspecified atom stereocenters. The van der Waals surface area contributed by atoms with Gasteiger partial charge in [-0.2, -0.15) is 0 Å². The van der Waals surface area contributed by atoms with Crippen molar-refractivity contribution in [1.29, 1.82) is 0 Å². The van der Waals surface area contributed by atoms with Crippen molar-refractivity contribution >= 4 is 8.25 Å². The van der Waals surface area contributed by atoms with Crippen molar-refractivity contribution in [2.45, 2.75) is 156 Å². The minimum absolute atomic E-state index is 0.0429. The SMILES string of the molecule is CC(C)CCC[C@@H](C)[C@H]1CC[C@H]2[C@@H]3CC=C4C[C@@H](O[P+](=O)OC[C@H]5O[C@@H](n6ccc(=O)[nH]c6=O)[C@@H]6OC(C)(C)O[C@@H]65)CC[C@]4(C)[C@H]3CC[C@]12C. The summed E-state index contributed by atoms with van der Waals surface area (Å²) in [5.41, 5.74) is 1.06. The zero-order valence-corrected chi connectivity index (χ0v) is 32.1. The van der Waals surface area contributed by atoms with Gasteiger partial charge in [0.05, 0.1) is 0 Å². The highest BCUT2D eigenvalue weighted by molar-refractivity contribution is 7.33. The summed E-state index contributed by atoms with van der Waals surface area (Å²) in [6.45, 7) is 16.0. The van der Waals surface area contributed by atoms with Crippen molar-refractivity contribution in [3.8, 4) is 0 Å². The van der Waals surface area contributed by atoms with Crippen molar-refractivity contribution in [3.63, 3.8) is 0 Å². The Bertz CT molecular complexity index is 1570. The molecular weight excluding hydrogens is 655 g/mol. The third-order valence-corrected chi connectivity index (χ3v) is 14.9. The predicted molar refractivity (Wildman–Crippen MR) is 191 cm³/mol. The second-order valence-corrected chi connectivity index (χ2v) is 18.8. The van der Waals surface area contributed by atoms with Gasteiger partial charge in [0.2, 0.25) is 0 Å². The van der Waals surface area contributed by atoms with Gasteiger partial charge in [-0.1, -0.05) is 65.5 Å². The van der Waals surface area contributed by atoms with Crippen LogP contribution >= 0.6 is 8.25 Å². The van der Waals surface area contributed by atoms with Gasteiger partial charge in [0.15, 0.2) is 12.0 Å². The predicted octanol–water partition coefficient (Wildman–Crippen LogP) is 8.05. The molecule has 0 aromatic carbocycles. The van der Waals surface area contributed by atoms with E-state index in [1.54, 1.807) is 13.8 Å². The zero-order chi connectivity index (χ0) is 35.6. The molecule has 0 bridgehead atoms. The summed E-state index contributed by atoms with van der Waals surface area (Å²) in [5, 5.41) is 0. The largest absolute Gasteiger partial charge is 0.697 e. The number of fused-ring (bicyclic) bond motifs is 6. The van der Waals surface area contributed by atoms with E-state index >= 15 is 0 Å². The number of ether oxygens (including phenoxy) is 3. The zero-order valence-electron chi connectivity index (χ0n) is 31.2. The van der Waals surface area contributed by atoms with Gasteiger partial charge in [-0.15, -0.1) is 9.05 Å². The molecule has 278 valence electrons. The molecule has 3 saturated carbocycles. The number of hydrogen-bond donors (Lipinski definition) is 1. The standard InChI is InChI=1S/C39H59N2O8P/c1-23(2)9-8-10-24(3)28-13-14-29-27-12-11-25-21-26(15-18-38(25,6)30(27)16-19-39(28,29)7)49-50(44)45-22-31-33-34(48-37(4,5)47-33)35(46-31)41-20-17-32(42)40-36(41)43/h11,17,20,23-24,26-31,33-35H,8-10,12-16,18-19,21-22H2,1-7H3/p+1/t24-,26+,27+,28-,29+,30+,31-,33-,34-,35-,38+,39-/m1/s1. The van der Waals surface area contributed by atoms with Gasteiger partial charge in [0, 0.05) is 23.2 Å². The molecule has 3 heterocycles. The van der Waals surface area contributed by atoms with Crippen LogP contribution in [0.4, 0.5) is 0 Å². The lowest BCUT2D eigenvalue weighted by molar-refractivity contribution is -0.199. The first-order chi connectivity index (χ1) is 23.7. The lowest BCUT2D eigenvalue weighted by Crippen LogP contribution is -2.50. The summed E-state index contributed by atoms with van der Waals surface area (Å²) in [6, 6.07) is 1.26. The maximum absolute atomic E-state index is 13.2. The highest BCUT2D eigenvalue weighted by Crippen LogP contribution is 2.67. The Hall–Kier alpha value is -1.68. The fraction of sp³-hybridized carbons (Fsp3) is 0.846. The van der Waals surface area contributed by atoms with Gasteiger partial charge in [-0.3, -0.25) is 14.3 Å². The number of nitrogens with zero attached hydrogens (tertiary/aromatic N) is 1. The van der Waals surface area contributed by atoms with E-state index in [1.807, 2.05) is 0 Å². The monoisotopic (exact) mass is 715 g/mol. The van der Waals surface area contributed by atoms with E-state index < -0.39 is 49.8 Å².